The second-order valence-electron chi connectivity index (χ2n) is 3.99. The molecule has 0 saturated heterocycles. The summed E-state index contributed by atoms with van der Waals surface area (Å²) >= 11 is 3.33. The van der Waals surface area contributed by atoms with Crippen LogP contribution >= 0.6 is 15.9 Å². The number of hydrogen-bond acceptors (Lipinski definition) is 4. The quantitative estimate of drug-likeness (QED) is 0.745. The lowest BCUT2D eigenvalue weighted by molar-refractivity contribution is -0.123. The molecule has 0 bridgehead atoms. The topological polar surface area (TPSA) is 67.8 Å². The number of aliphatic hydroxyl groups excluding tert-OH is 1. The van der Waals surface area contributed by atoms with Gasteiger partial charge in [-0.1, -0.05) is 22.0 Å². The molecule has 106 valence electrons. The van der Waals surface area contributed by atoms with E-state index in [1.807, 2.05) is 6.07 Å². The molecule has 0 aliphatic rings. The monoisotopic (exact) mass is 331 g/mol. The van der Waals surface area contributed by atoms with Crippen LogP contribution in [0.1, 0.15) is 18.6 Å². The minimum absolute atomic E-state index is 0.0973. The van der Waals surface area contributed by atoms with Crippen molar-refractivity contribution in [2.75, 3.05) is 26.9 Å². The number of ether oxygens (including phenoxy) is 2. The molecule has 5 nitrogen and oxygen atoms in total. The van der Waals surface area contributed by atoms with Gasteiger partial charge in [-0.15, -0.1) is 0 Å². The maximum absolute atomic E-state index is 11.5. The van der Waals surface area contributed by atoms with E-state index in [0.717, 1.165) is 4.47 Å². The minimum atomic E-state index is -0.653. The molecule has 0 aliphatic heterocycles. The molecule has 0 fully saturated rings. The summed E-state index contributed by atoms with van der Waals surface area (Å²) < 4.78 is 11.1. The zero-order chi connectivity index (χ0) is 14.3. The number of nitrogens with one attached hydrogen (secondary N) is 1. The summed E-state index contributed by atoms with van der Waals surface area (Å²) in [5.74, 6) is 0.264. The Morgan fingerprint density at radius 3 is 2.89 bits per heavy atom. The van der Waals surface area contributed by atoms with Gasteiger partial charge in [-0.05, 0) is 19.1 Å². The van der Waals surface area contributed by atoms with Gasteiger partial charge in [0.2, 0.25) is 0 Å². The number of amides is 1. The van der Waals surface area contributed by atoms with E-state index in [9.17, 15) is 9.90 Å². The number of carbonyl (C=O) groups is 1. The van der Waals surface area contributed by atoms with E-state index in [4.69, 9.17) is 9.47 Å². The summed E-state index contributed by atoms with van der Waals surface area (Å²) in [5, 5.41) is 12.3. The van der Waals surface area contributed by atoms with Crippen LogP contribution in [0.25, 0.3) is 0 Å². The van der Waals surface area contributed by atoms with Gasteiger partial charge in [0.15, 0.2) is 6.61 Å². The van der Waals surface area contributed by atoms with Crippen molar-refractivity contribution in [2.45, 2.75) is 13.0 Å². The highest BCUT2D eigenvalue weighted by atomic mass is 79.9. The van der Waals surface area contributed by atoms with Gasteiger partial charge in [0.05, 0.1) is 12.7 Å². The molecular formula is C13H18BrNO4. The van der Waals surface area contributed by atoms with Crippen LogP contribution in [0.4, 0.5) is 0 Å². The van der Waals surface area contributed by atoms with Crippen LogP contribution in [0.3, 0.4) is 0 Å². The summed E-state index contributed by atoms with van der Waals surface area (Å²) in [6, 6.07) is 5.30. The molecule has 6 heteroatoms. The molecule has 1 amide bonds. The Balaban J connectivity index is 2.56. The molecule has 1 aromatic carbocycles. The lowest BCUT2D eigenvalue weighted by atomic mass is 10.1. The molecule has 0 aliphatic carbocycles. The van der Waals surface area contributed by atoms with Gasteiger partial charge in [0.1, 0.15) is 5.75 Å². The molecule has 1 atom stereocenters. The van der Waals surface area contributed by atoms with Crippen molar-refractivity contribution < 1.29 is 19.4 Å². The van der Waals surface area contributed by atoms with E-state index < -0.39 is 6.10 Å². The van der Waals surface area contributed by atoms with Crippen molar-refractivity contribution in [3.05, 3.63) is 28.2 Å². The highest BCUT2D eigenvalue weighted by Crippen LogP contribution is 2.28. The van der Waals surface area contributed by atoms with Crippen molar-refractivity contribution in [1.82, 2.24) is 5.32 Å². The SMILES string of the molecule is COCCNC(=O)COc1cc(Br)ccc1[C@@H](C)O. The molecule has 0 spiro atoms. The number of benzene rings is 1. The van der Waals surface area contributed by atoms with E-state index in [-0.39, 0.29) is 12.5 Å². The standard InChI is InChI=1S/C13H18BrNO4/c1-9(16)11-4-3-10(14)7-12(11)19-8-13(17)15-5-6-18-2/h3-4,7,9,16H,5-6,8H2,1-2H3,(H,15,17)/t9-/m1/s1. The lowest BCUT2D eigenvalue weighted by Crippen LogP contribution is -2.31. The number of hydrogen-bond donors (Lipinski definition) is 2. The maximum atomic E-state index is 11.5. The fourth-order valence-corrected chi connectivity index (χ4v) is 1.81. The zero-order valence-electron chi connectivity index (χ0n) is 11.0. The molecule has 1 aromatic rings. The van der Waals surface area contributed by atoms with Crippen LogP contribution in [-0.2, 0) is 9.53 Å². The van der Waals surface area contributed by atoms with Crippen LogP contribution in [-0.4, -0.2) is 37.9 Å². The van der Waals surface area contributed by atoms with Gasteiger partial charge in [-0.3, -0.25) is 4.79 Å². The highest BCUT2D eigenvalue weighted by Gasteiger charge is 2.11. The Morgan fingerprint density at radius 1 is 1.53 bits per heavy atom. The minimum Gasteiger partial charge on any atom is -0.483 e. The van der Waals surface area contributed by atoms with Gasteiger partial charge in [0, 0.05) is 23.7 Å². The third-order valence-corrected chi connectivity index (χ3v) is 2.91. The molecule has 1 rings (SSSR count). The summed E-state index contributed by atoms with van der Waals surface area (Å²) in [6.07, 6.45) is -0.653. The average molecular weight is 332 g/mol. The Bertz CT molecular complexity index is 423. The van der Waals surface area contributed by atoms with Gasteiger partial charge >= 0.3 is 0 Å². The van der Waals surface area contributed by atoms with Crippen LogP contribution in [0, 0.1) is 0 Å². The van der Waals surface area contributed by atoms with Crippen molar-refractivity contribution in [3.63, 3.8) is 0 Å². The van der Waals surface area contributed by atoms with Crippen molar-refractivity contribution >= 4 is 21.8 Å². The first-order valence-electron chi connectivity index (χ1n) is 5.90. The molecule has 0 saturated carbocycles. The Labute approximate surface area is 121 Å². The molecular weight excluding hydrogens is 314 g/mol. The fourth-order valence-electron chi connectivity index (χ4n) is 1.47. The third kappa shape index (κ3) is 5.59. The van der Waals surface area contributed by atoms with Crippen molar-refractivity contribution in [2.24, 2.45) is 0 Å². The first kappa shape index (κ1) is 15.9. The summed E-state index contributed by atoms with van der Waals surface area (Å²) in [6.45, 7) is 2.45. The maximum Gasteiger partial charge on any atom is 0.258 e. The van der Waals surface area contributed by atoms with Gasteiger partial charge in [-0.25, -0.2) is 0 Å². The van der Waals surface area contributed by atoms with Crippen LogP contribution in [0.2, 0.25) is 0 Å². The number of rotatable bonds is 7. The number of methoxy groups -OCH3 is 1. The van der Waals surface area contributed by atoms with Crippen molar-refractivity contribution in [3.8, 4) is 5.75 Å². The van der Waals surface area contributed by atoms with Gasteiger partial charge < -0.3 is 19.9 Å². The van der Waals surface area contributed by atoms with Crippen LogP contribution < -0.4 is 10.1 Å². The third-order valence-electron chi connectivity index (χ3n) is 2.41. The summed E-state index contributed by atoms with van der Waals surface area (Å²) in [7, 11) is 1.57. The number of halogens is 1. The van der Waals surface area contributed by atoms with E-state index >= 15 is 0 Å². The first-order chi connectivity index (χ1) is 9.04. The molecule has 0 unspecified atom stereocenters. The molecule has 0 heterocycles. The van der Waals surface area contributed by atoms with Crippen molar-refractivity contribution in [1.29, 1.82) is 0 Å². The molecule has 19 heavy (non-hydrogen) atoms. The predicted octanol–water partition coefficient (Wildman–Crippen LogP) is 1.64. The van der Waals surface area contributed by atoms with Crippen LogP contribution in [0.5, 0.6) is 5.75 Å². The largest absolute Gasteiger partial charge is 0.483 e. The Kier molecular flexibility index (Phi) is 6.83. The number of aliphatic hydroxyl groups is 1. The number of carbonyl (C=O) groups excluding carboxylic acids is 1. The van der Waals surface area contributed by atoms with E-state index in [1.165, 1.54) is 0 Å². The fraction of sp³-hybridized carbons (Fsp3) is 0.462. The smallest absolute Gasteiger partial charge is 0.258 e. The molecule has 2 N–H and O–H groups in total. The van der Waals surface area contributed by atoms with Gasteiger partial charge in [0.25, 0.3) is 5.91 Å². The van der Waals surface area contributed by atoms with E-state index in [2.05, 4.69) is 21.2 Å². The normalized spacial score (nSPS) is 12.0. The summed E-state index contributed by atoms with van der Waals surface area (Å²) in [4.78, 5) is 11.5. The van der Waals surface area contributed by atoms with Crippen LogP contribution in [0.15, 0.2) is 22.7 Å². The van der Waals surface area contributed by atoms with Gasteiger partial charge in [-0.2, -0.15) is 0 Å². The van der Waals surface area contributed by atoms with E-state index in [0.29, 0.717) is 24.5 Å². The highest BCUT2D eigenvalue weighted by molar-refractivity contribution is 9.10. The summed E-state index contributed by atoms with van der Waals surface area (Å²) in [5.41, 5.74) is 0.646. The van der Waals surface area contributed by atoms with E-state index in [1.54, 1.807) is 26.2 Å². The first-order valence-corrected chi connectivity index (χ1v) is 6.70. The Hall–Kier alpha value is -1.11. The molecule has 0 aromatic heterocycles. The zero-order valence-corrected chi connectivity index (χ0v) is 12.6. The second kappa shape index (κ2) is 8.14. The second-order valence-corrected chi connectivity index (χ2v) is 4.91. The Morgan fingerprint density at radius 2 is 2.26 bits per heavy atom. The molecule has 0 radical (unpaired) electrons. The predicted molar refractivity (Wildman–Crippen MR) is 75.2 cm³/mol. The lowest BCUT2D eigenvalue weighted by Gasteiger charge is -2.13. The average Bonchev–Trinajstić information content (AvgIpc) is 2.36.